The lowest BCUT2D eigenvalue weighted by Gasteiger charge is -2.27. The third kappa shape index (κ3) is 5.12. The molecule has 0 aromatic heterocycles. The quantitative estimate of drug-likeness (QED) is 0.666. The van der Waals surface area contributed by atoms with Gasteiger partial charge in [0.15, 0.2) is 0 Å². The van der Waals surface area contributed by atoms with Crippen molar-refractivity contribution in [1.29, 1.82) is 0 Å². The van der Waals surface area contributed by atoms with Gasteiger partial charge in [0.25, 0.3) is 0 Å². The molecule has 1 rings (SSSR count). The van der Waals surface area contributed by atoms with Gasteiger partial charge in [0, 0.05) is 6.54 Å². The molecule has 0 saturated heterocycles. The smallest absolute Gasteiger partial charge is 0.307 e. The van der Waals surface area contributed by atoms with E-state index in [1.165, 1.54) is 0 Å². The molecule has 5 heteroatoms. The van der Waals surface area contributed by atoms with E-state index >= 15 is 0 Å². The average molecular weight is 284 g/mol. The van der Waals surface area contributed by atoms with Gasteiger partial charge in [-0.15, -0.1) is 0 Å². The minimum atomic E-state index is -0.826. The van der Waals surface area contributed by atoms with E-state index in [1.54, 1.807) is 0 Å². The lowest BCUT2D eigenvalue weighted by molar-refractivity contribution is -0.148. The topological polar surface area (TPSA) is 69.6 Å². The molecule has 0 aromatic carbocycles. The number of carboxylic acid groups (broad SMARTS) is 1. The molecule has 1 aliphatic rings. The summed E-state index contributed by atoms with van der Waals surface area (Å²) in [6, 6.07) is 0. The van der Waals surface area contributed by atoms with Gasteiger partial charge in [0.1, 0.15) is 0 Å². The standard InChI is InChI=1S/C15H28N2O3/c1-3-17(4-2)11-7-10-16-14(18)12-8-5-6-9-13(12)15(19)20/h12-13H,3-11H2,1-2H3,(H,16,18)(H,19,20)/t12-,13+/m1/s1. The highest BCUT2D eigenvalue weighted by Crippen LogP contribution is 2.30. The lowest BCUT2D eigenvalue weighted by atomic mass is 9.79. The zero-order valence-electron chi connectivity index (χ0n) is 12.7. The normalized spacial score (nSPS) is 22.8. The van der Waals surface area contributed by atoms with Gasteiger partial charge in [-0.3, -0.25) is 9.59 Å². The predicted octanol–water partition coefficient (Wildman–Crippen LogP) is 1.73. The Labute approximate surface area is 121 Å². The fraction of sp³-hybridized carbons (Fsp3) is 0.867. The fourth-order valence-electron chi connectivity index (χ4n) is 2.93. The van der Waals surface area contributed by atoms with E-state index < -0.39 is 11.9 Å². The van der Waals surface area contributed by atoms with Crippen LogP contribution < -0.4 is 5.32 Å². The summed E-state index contributed by atoms with van der Waals surface area (Å²) in [6.07, 6.45) is 4.13. The van der Waals surface area contributed by atoms with E-state index in [2.05, 4.69) is 24.1 Å². The summed E-state index contributed by atoms with van der Waals surface area (Å²) >= 11 is 0. The number of amides is 1. The first kappa shape index (κ1) is 17.0. The number of carbonyl (C=O) groups is 2. The van der Waals surface area contributed by atoms with Gasteiger partial charge in [-0.2, -0.15) is 0 Å². The molecule has 0 aliphatic heterocycles. The van der Waals surface area contributed by atoms with Crippen LogP contribution in [-0.2, 0) is 9.59 Å². The van der Waals surface area contributed by atoms with Gasteiger partial charge in [0.05, 0.1) is 11.8 Å². The van der Waals surface area contributed by atoms with E-state index in [0.29, 0.717) is 19.4 Å². The van der Waals surface area contributed by atoms with Crippen molar-refractivity contribution in [3.63, 3.8) is 0 Å². The molecule has 0 aromatic rings. The molecule has 0 spiro atoms. The van der Waals surface area contributed by atoms with Gasteiger partial charge >= 0.3 is 5.97 Å². The molecule has 1 saturated carbocycles. The Morgan fingerprint density at radius 1 is 1.15 bits per heavy atom. The summed E-state index contributed by atoms with van der Waals surface area (Å²) in [5, 5.41) is 12.1. The highest BCUT2D eigenvalue weighted by molar-refractivity contribution is 5.84. The summed E-state index contributed by atoms with van der Waals surface area (Å²) in [4.78, 5) is 25.6. The maximum atomic E-state index is 12.1. The number of aliphatic carboxylic acids is 1. The number of hydrogen-bond acceptors (Lipinski definition) is 3. The first-order chi connectivity index (χ1) is 9.60. The molecule has 1 fully saturated rings. The second-order valence-corrected chi connectivity index (χ2v) is 5.51. The van der Waals surface area contributed by atoms with E-state index in [4.69, 9.17) is 0 Å². The Balaban J connectivity index is 2.32. The monoisotopic (exact) mass is 284 g/mol. The Morgan fingerprint density at radius 3 is 2.30 bits per heavy atom. The molecule has 2 atom stereocenters. The van der Waals surface area contributed by atoms with Crippen LogP contribution in [0.25, 0.3) is 0 Å². The predicted molar refractivity (Wildman–Crippen MR) is 78.5 cm³/mol. The van der Waals surface area contributed by atoms with Crippen LogP contribution in [0, 0.1) is 11.8 Å². The van der Waals surface area contributed by atoms with Crippen molar-refractivity contribution in [3.05, 3.63) is 0 Å². The highest BCUT2D eigenvalue weighted by atomic mass is 16.4. The Morgan fingerprint density at radius 2 is 1.75 bits per heavy atom. The summed E-state index contributed by atoms with van der Waals surface area (Å²) in [7, 11) is 0. The first-order valence-electron chi connectivity index (χ1n) is 7.83. The molecule has 0 bridgehead atoms. The van der Waals surface area contributed by atoms with Crippen LogP contribution in [0.4, 0.5) is 0 Å². The van der Waals surface area contributed by atoms with Crippen molar-refractivity contribution in [1.82, 2.24) is 10.2 Å². The minimum absolute atomic E-state index is 0.0725. The fourth-order valence-corrected chi connectivity index (χ4v) is 2.93. The molecule has 116 valence electrons. The summed E-state index contributed by atoms with van der Waals surface area (Å²) in [5.74, 6) is -1.73. The van der Waals surface area contributed by atoms with Gasteiger partial charge in [-0.25, -0.2) is 0 Å². The van der Waals surface area contributed by atoms with Gasteiger partial charge in [-0.1, -0.05) is 26.7 Å². The van der Waals surface area contributed by atoms with E-state index in [0.717, 1.165) is 38.9 Å². The van der Waals surface area contributed by atoms with Crippen molar-refractivity contribution < 1.29 is 14.7 Å². The van der Waals surface area contributed by atoms with E-state index in [-0.39, 0.29) is 11.8 Å². The number of carbonyl (C=O) groups excluding carboxylic acids is 1. The number of rotatable bonds is 8. The maximum absolute atomic E-state index is 12.1. The molecule has 0 unspecified atom stereocenters. The molecule has 5 nitrogen and oxygen atoms in total. The van der Waals surface area contributed by atoms with Crippen LogP contribution in [0.2, 0.25) is 0 Å². The third-order valence-corrected chi connectivity index (χ3v) is 4.26. The second kappa shape index (κ2) is 8.95. The number of hydrogen-bond donors (Lipinski definition) is 2. The molecule has 1 aliphatic carbocycles. The molecule has 20 heavy (non-hydrogen) atoms. The van der Waals surface area contributed by atoms with Crippen LogP contribution in [0.5, 0.6) is 0 Å². The Bertz CT molecular complexity index is 316. The van der Waals surface area contributed by atoms with Gasteiger partial charge < -0.3 is 15.3 Å². The largest absolute Gasteiger partial charge is 0.481 e. The van der Waals surface area contributed by atoms with Gasteiger partial charge in [0.2, 0.25) is 5.91 Å². The molecule has 2 N–H and O–H groups in total. The first-order valence-corrected chi connectivity index (χ1v) is 7.83. The van der Waals surface area contributed by atoms with Crippen LogP contribution in [0.15, 0.2) is 0 Å². The van der Waals surface area contributed by atoms with E-state index in [1.807, 2.05) is 0 Å². The van der Waals surface area contributed by atoms with Gasteiger partial charge in [-0.05, 0) is 38.9 Å². The summed E-state index contributed by atoms with van der Waals surface area (Å²) in [6.45, 7) is 7.91. The number of nitrogens with one attached hydrogen (secondary N) is 1. The number of carboxylic acids is 1. The summed E-state index contributed by atoms with van der Waals surface area (Å²) in [5.41, 5.74) is 0. The molecular formula is C15H28N2O3. The van der Waals surface area contributed by atoms with Crippen LogP contribution in [0.1, 0.15) is 46.0 Å². The zero-order chi connectivity index (χ0) is 15.0. The van der Waals surface area contributed by atoms with Crippen LogP contribution in [0.3, 0.4) is 0 Å². The van der Waals surface area contributed by atoms with Crippen molar-refractivity contribution in [3.8, 4) is 0 Å². The Kier molecular flexibility index (Phi) is 7.59. The molecule has 0 heterocycles. The van der Waals surface area contributed by atoms with Crippen molar-refractivity contribution in [2.24, 2.45) is 11.8 Å². The van der Waals surface area contributed by atoms with E-state index in [9.17, 15) is 14.7 Å². The van der Waals surface area contributed by atoms with Crippen molar-refractivity contribution in [2.75, 3.05) is 26.2 Å². The number of nitrogens with zero attached hydrogens (tertiary/aromatic N) is 1. The van der Waals surface area contributed by atoms with Crippen molar-refractivity contribution >= 4 is 11.9 Å². The highest BCUT2D eigenvalue weighted by Gasteiger charge is 2.35. The SMILES string of the molecule is CCN(CC)CCCNC(=O)[C@@H]1CCCC[C@@H]1C(=O)O. The molecular weight excluding hydrogens is 256 g/mol. The second-order valence-electron chi connectivity index (χ2n) is 5.51. The van der Waals surface area contributed by atoms with Crippen LogP contribution in [-0.4, -0.2) is 48.1 Å². The van der Waals surface area contributed by atoms with Crippen LogP contribution >= 0.6 is 0 Å². The molecule has 0 radical (unpaired) electrons. The van der Waals surface area contributed by atoms with Crippen molar-refractivity contribution in [2.45, 2.75) is 46.0 Å². The zero-order valence-corrected chi connectivity index (χ0v) is 12.7. The average Bonchev–Trinajstić information content (AvgIpc) is 2.47. The third-order valence-electron chi connectivity index (χ3n) is 4.26. The lowest BCUT2D eigenvalue weighted by Crippen LogP contribution is -2.40. The maximum Gasteiger partial charge on any atom is 0.307 e. The molecule has 1 amide bonds. The summed E-state index contributed by atoms with van der Waals surface area (Å²) < 4.78 is 0. The Hall–Kier alpha value is -1.10. The minimum Gasteiger partial charge on any atom is -0.481 e.